The molecule has 0 saturated heterocycles. The highest BCUT2D eigenvalue weighted by Crippen LogP contribution is 2.35. The second kappa shape index (κ2) is 6.82. The van der Waals surface area contributed by atoms with Crippen LogP contribution in [0.4, 0.5) is 21.6 Å². The lowest BCUT2D eigenvalue weighted by Crippen LogP contribution is -2.16. The van der Waals surface area contributed by atoms with Crippen molar-refractivity contribution in [1.29, 1.82) is 0 Å². The zero-order chi connectivity index (χ0) is 20.7. The van der Waals surface area contributed by atoms with Crippen molar-refractivity contribution in [3.63, 3.8) is 0 Å². The van der Waals surface area contributed by atoms with E-state index in [1.807, 2.05) is 0 Å². The Bertz CT molecular complexity index is 1310. The molecule has 0 saturated carbocycles. The van der Waals surface area contributed by atoms with Crippen LogP contribution >= 0.6 is 0 Å². The van der Waals surface area contributed by atoms with E-state index in [1.165, 1.54) is 33.5 Å². The van der Waals surface area contributed by atoms with Gasteiger partial charge in [0.15, 0.2) is 0 Å². The van der Waals surface area contributed by atoms with E-state index >= 15 is 0 Å². The van der Waals surface area contributed by atoms with Gasteiger partial charge < -0.3 is 9.88 Å². The number of nitrogens with one attached hydrogen (secondary N) is 1. The van der Waals surface area contributed by atoms with E-state index in [2.05, 4.69) is 15.4 Å². The molecule has 0 amide bonds. The highest BCUT2D eigenvalue weighted by Gasteiger charge is 2.19. The lowest BCUT2D eigenvalue weighted by molar-refractivity contribution is -0.384. The molecule has 1 aromatic carbocycles. The number of hydrogen-bond donors (Lipinski definition) is 1. The summed E-state index contributed by atoms with van der Waals surface area (Å²) in [6.07, 6.45) is 4.25. The van der Waals surface area contributed by atoms with Crippen LogP contribution in [0.3, 0.4) is 0 Å². The molecular formula is C19H15FN6O3. The number of fused-ring (bicyclic) bond motifs is 1. The van der Waals surface area contributed by atoms with Gasteiger partial charge in [-0.3, -0.25) is 19.6 Å². The molecule has 4 aromatic rings. The van der Waals surface area contributed by atoms with Crippen molar-refractivity contribution >= 4 is 28.1 Å². The van der Waals surface area contributed by atoms with Crippen molar-refractivity contribution in [2.45, 2.75) is 0 Å². The Morgan fingerprint density at radius 3 is 2.62 bits per heavy atom. The lowest BCUT2D eigenvalue weighted by atomic mass is 10.0. The molecule has 3 heterocycles. The predicted molar refractivity (Wildman–Crippen MR) is 106 cm³/mol. The van der Waals surface area contributed by atoms with Crippen LogP contribution in [0.2, 0.25) is 0 Å². The minimum Gasteiger partial charge on any atom is -0.340 e. The molecule has 0 bridgehead atoms. The first-order valence-corrected chi connectivity index (χ1v) is 8.54. The molecular weight excluding hydrogens is 379 g/mol. The topological polar surface area (TPSA) is 108 Å². The van der Waals surface area contributed by atoms with E-state index in [9.17, 15) is 19.3 Å². The first-order chi connectivity index (χ1) is 13.8. The quantitative estimate of drug-likeness (QED) is 0.421. The normalized spacial score (nSPS) is 11.0. The summed E-state index contributed by atoms with van der Waals surface area (Å²) in [5, 5.41) is 19.1. The van der Waals surface area contributed by atoms with Crippen LogP contribution in [-0.2, 0) is 14.1 Å². The number of nitrogens with zero attached hydrogens (tertiary/aromatic N) is 5. The van der Waals surface area contributed by atoms with Gasteiger partial charge in [0.2, 0.25) is 0 Å². The van der Waals surface area contributed by atoms with Gasteiger partial charge in [-0.25, -0.2) is 9.37 Å². The van der Waals surface area contributed by atoms with Crippen molar-refractivity contribution in [3.05, 3.63) is 75.2 Å². The average Bonchev–Trinajstić information content (AvgIpc) is 3.08. The number of nitro benzene ring substituents is 1. The maximum absolute atomic E-state index is 13.2. The number of hydrogen-bond acceptors (Lipinski definition) is 6. The molecule has 0 radical (unpaired) electrons. The van der Waals surface area contributed by atoms with Gasteiger partial charge in [0.1, 0.15) is 17.2 Å². The summed E-state index contributed by atoms with van der Waals surface area (Å²) in [4.78, 5) is 27.3. The third-order valence-electron chi connectivity index (χ3n) is 4.45. The molecule has 0 spiro atoms. The smallest absolute Gasteiger partial charge is 0.270 e. The summed E-state index contributed by atoms with van der Waals surface area (Å²) in [5.74, 6) is -0.115. The minimum absolute atomic E-state index is 0.115. The van der Waals surface area contributed by atoms with Gasteiger partial charge in [-0.15, -0.1) is 0 Å². The van der Waals surface area contributed by atoms with Crippen LogP contribution in [0.15, 0.2) is 53.7 Å². The predicted octanol–water partition coefficient (Wildman–Crippen LogP) is 3.12. The molecule has 10 heteroatoms. The molecule has 0 unspecified atom stereocenters. The second-order valence-electron chi connectivity index (χ2n) is 6.50. The summed E-state index contributed by atoms with van der Waals surface area (Å²) < 4.78 is 16.1. The molecule has 0 aliphatic carbocycles. The maximum atomic E-state index is 13.2. The van der Waals surface area contributed by atoms with E-state index in [0.717, 1.165) is 6.20 Å². The molecule has 9 nitrogen and oxygen atoms in total. The zero-order valence-corrected chi connectivity index (χ0v) is 15.5. The van der Waals surface area contributed by atoms with Crippen LogP contribution in [0, 0.1) is 15.9 Å². The molecule has 0 aliphatic heterocycles. The molecule has 0 atom stereocenters. The largest absolute Gasteiger partial charge is 0.340 e. The molecule has 0 aliphatic rings. The van der Waals surface area contributed by atoms with Gasteiger partial charge in [-0.05, 0) is 18.2 Å². The third kappa shape index (κ3) is 3.31. The standard InChI is InChI=1S/C19H15FN6O3/c1-24-9-14(18-15(19(24)27)10-25(2)23-18)13-7-12(26(28)29)4-5-16(13)22-17-6-3-11(20)8-21-17/h3-10H,1-2H3,(H,21,22). The van der Waals surface area contributed by atoms with Gasteiger partial charge in [0, 0.05) is 55.4 Å². The first kappa shape index (κ1) is 18.3. The van der Waals surface area contributed by atoms with E-state index in [1.54, 1.807) is 32.6 Å². The van der Waals surface area contributed by atoms with Crippen molar-refractivity contribution < 1.29 is 9.31 Å². The average molecular weight is 394 g/mol. The highest BCUT2D eigenvalue weighted by molar-refractivity contribution is 5.97. The number of nitro groups is 1. The number of non-ortho nitro benzene ring substituents is 1. The van der Waals surface area contributed by atoms with Crippen molar-refractivity contribution in [3.8, 4) is 11.1 Å². The summed E-state index contributed by atoms with van der Waals surface area (Å²) in [7, 11) is 3.29. The van der Waals surface area contributed by atoms with Gasteiger partial charge in [-0.2, -0.15) is 5.10 Å². The van der Waals surface area contributed by atoms with Crippen LogP contribution < -0.4 is 10.9 Å². The van der Waals surface area contributed by atoms with E-state index in [-0.39, 0.29) is 11.2 Å². The molecule has 4 rings (SSSR count). The minimum atomic E-state index is -0.499. The lowest BCUT2D eigenvalue weighted by Gasteiger charge is -2.13. The Kier molecular flexibility index (Phi) is 4.30. The first-order valence-electron chi connectivity index (χ1n) is 8.54. The molecule has 1 N–H and O–H groups in total. The van der Waals surface area contributed by atoms with Crippen LogP contribution in [0.1, 0.15) is 0 Å². The number of aryl methyl sites for hydroxylation is 2. The Morgan fingerprint density at radius 2 is 1.93 bits per heavy atom. The Labute approximate surface area is 163 Å². The number of halogens is 1. The summed E-state index contributed by atoms with van der Waals surface area (Å²) in [6.45, 7) is 0. The zero-order valence-electron chi connectivity index (χ0n) is 15.5. The van der Waals surface area contributed by atoms with Gasteiger partial charge in [0.25, 0.3) is 11.2 Å². The third-order valence-corrected chi connectivity index (χ3v) is 4.45. The fourth-order valence-electron chi connectivity index (χ4n) is 3.11. The number of benzene rings is 1. The highest BCUT2D eigenvalue weighted by atomic mass is 19.1. The van der Waals surface area contributed by atoms with Crippen LogP contribution in [-0.4, -0.2) is 24.3 Å². The number of anilines is 2. The molecule has 0 fully saturated rings. The fourth-order valence-corrected chi connectivity index (χ4v) is 3.11. The van der Waals surface area contributed by atoms with Crippen LogP contribution in [0.5, 0.6) is 0 Å². The molecule has 29 heavy (non-hydrogen) atoms. The van der Waals surface area contributed by atoms with Crippen LogP contribution in [0.25, 0.3) is 22.0 Å². The molecule has 3 aromatic heterocycles. The SMILES string of the molecule is Cn1cc2c(=O)n(C)cc(-c3cc([N+](=O)[O-])ccc3Nc3ccc(F)cn3)c2n1. The van der Waals surface area contributed by atoms with E-state index in [0.29, 0.717) is 33.5 Å². The van der Waals surface area contributed by atoms with Crippen molar-refractivity contribution in [2.75, 3.05) is 5.32 Å². The van der Waals surface area contributed by atoms with Crippen molar-refractivity contribution in [1.82, 2.24) is 19.3 Å². The number of rotatable bonds is 4. The van der Waals surface area contributed by atoms with Crippen molar-refractivity contribution in [2.24, 2.45) is 14.1 Å². The van der Waals surface area contributed by atoms with E-state index in [4.69, 9.17) is 0 Å². The Hall–Kier alpha value is -4.08. The summed E-state index contributed by atoms with van der Waals surface area (Å²) in [6, 6.07) is 7.01. The summed E-state index contributed by atoms with van der Waals surface area (Å²) in [5.41, 5.74) is 1.58. The number of aromatic nitrogens is 4. The molecule has 146 valence electrons. The number of pyridine rings is 2. The van der Waals surface area contributed by atoms with E-state index < -0.39 is 10.7 Å². The van der Waals surface area contributed by atoms with Gasteiger partial charge in [-0.1, -0.05) is 0 Å². The second-order valence-corrected chi connectivity index (χ2v) is 6.50. The Balaban J connectivity index is 1.96. The van der Waals surface area contributed by atoms with Gasteiger partial charge in [0.05, 0.1) is 16.5 Å². The summed E-state index contributed by atoms with van der Waals surface area (Å²) >= 11 is 0. The Morgan fingerprint density at radius 1 is 1.14 bits per heavy atom. The maximum Gasteiger partial charge on any atom is 0.270 e. The fraction of sp³-hybridized carbons (Fsp3) is 0.105. The monoisotopic (exact) mass is 394 g/mol. The van der Waals surface area contributed by atoms with Gasteiger partial charge >= 0.3 is 0 Å².